The van der Waals surface area contributed by atoms with Crippen molar-refractivity contribution in [2.24, 2.45) is 0 Å². The van der Waals surface area contributed by atoms with Crippen molar-refractivity contribution < 1.29 is 14.3 Å². The molecular formula is C27H32N2O3. The van der Waals surface area contributed by atoms with E-state index in [0.29, 0.717) is 5.56 Å². The Kier molecular flexibility index (Phi) is 6.54. The second-order valence-electron chi connectivity index (χ2n) is 8.64. The minimum Gasteiger partial charge on any atom is -0.497 e. The van der Waals surface area contributed by atoms with Crippen LogP contribution in [0.3, 0.4) is 0 Å². The van der Waals surface area contributed by atoms with Crippen LogP contribution in [0.5, 0.6) is 11.5 Å². The van der Waals surface area contributed by atoms with Gasteiger partial charge < -0.3 is 19.4 Å². The molecule has 0 saturated carbocycles. The van der Waals surface area contributed by atoms with Crippen molar-refractivity contribution in [3.05, 3.63) is 65.4 Å². The number of carbonyl (C=O) groups is 1. The van der Waals surface area contributed by atoms with Crippen LogP contribution in [0.2, 0.25) is 0 Å². The number of aryl methyl sites for hydroxylation is 1. The molecule has 0 radical (unpaired) electrons. The van der Waals surface area contributed by atoms with E-state index in [-0.39, 0.29) is 11.9 Å². The van der Waals surface area contributed by atoms with Gasteiger partial charge in [0.15, 0.2) is 0 Å². The summed E-state index contributed by atoms with van der Waals surface area (Å²) in [6, 6.07) is 16.2. The van der Waals surface area contributed by atoms with Crippen LogP contribution in [0.4, 0.5) is 0 Å². The van der Waals surface area contributed by atoms with Gasteiger partial charge in [-0.1, -0.05) is 6.42 Å². The van der Waals surface area contributed by atoms with Crippen molar-refractivity contribution in [3.8, 4) is 28.4 Å². The summed E-state index contributed by atoms with van der Waals surface area (Å²) in [5, 5.41) is 2.96. The molecule has 1 N–H and O–H groups in total. The molecule has 5 heteroatoms. The lowest BCUT2D eigenvalue weighted by Crippen LogP contribution is -2.30. The van der Waals surface area contributed by atoms with Crippen LogP contribution in [-0.4, -0.2) is 30.7 Å². The van der Waals surface area contributed by atoms with Gasteiger partial charge >= 0.3 is 0 Å². The first-order chi connectivity index (χ1) is 15.5. The zero-order valence-electron chi connectivity index (χ0n) is 19.4. The predicted molar refractivity (Wildman–Crippen MR) is 128 cm³/mol. The molecule has 0 bridgehead atoms. The number of nitrogens with zero attached hydrogens (tertiary/aromatic N) is 1. The molecule has 0 atom stereocenters. The monoisotopic (exact) mass is 432 g/mol. The number of methoxy groups -OCH3 is 2. The van der Waals surface area contributed by atoms with Crippen LogP contribution in [0.1, 0.15) is 54.7 Å². The average Bonchev–Trinajstić information content (AvgIpc) is 3.00. The average molecular weight is 433 g/mol. The van der Waals surface area contributed by atoms with Crippen LogP contribution in [0.15, 0.2) is 48.5 Å². The van der Waals surface area contributed by atoms with Gasteiger partial charge in [-0.05, 0) is 93.6 Å². The van der Waals surface area contributed by atoms with E-state index >= 15 is 0 Å². The summed E-state index contributed by atoms with van der Waals surface area (Å²) in [5.74, 6) is 1.56. The Labute approximate surface area is 190 Å². The van der Waals surface area contributed by atoms with E-state index in [2.05, 4.69) is 16.0 Å². The minimum atomic E-state index is -0.0485. The third-order valence-electron chi connectivity index (χ3n) is 6.04. The fourth-order valence-electron chi connectivity index (χ4n) is 4.49. The van der Waals surface area contributed by atoms with Crippen LogP contribution >= 0.6 is 0 Å². The number of rotatable bonds is 6. The highest BCUT2D eigenvalue weighted by Gasteiger charge is 2.22. The molecule has 0 spiro atoms. The van der Waals surface area contributed by atoms with E-state index in [1.54, 1.807) is 14.2 Å². The third kappa shape index (κ3) is 4.38. The number of hydrogen-bond donors (Lipinski definition) is 1. The molecule has 1 aliphatic rings. The highest BCUT2D eigenvalue weighted by molar-refractivity contribution is 5.94. The molecular weight excluding hydrogens is 400 g/mol. The predicted octanol–water partition coefficient (Wildman–Crippen LogP) is 5.57. The fraction of sp³-hybridized carbons (Fsp3) is 0.370. The third-order valence-corrected chi connectivity index (χ3v) is 6.04. The molecule has 168 valence electrons. The van der Waals surface area contributed by atoms with E-state index in [1.807, 2.05) is 56.3 Å². The smallest absolute Gasteiger partial charge is 0.251 e. The lowest BCUT2D eigenvalue weighted by molar-refractivity contribution is 0.0943. The van der Waals surface area contributed by atoms with E-state index in [1.165, 1.54) is 30.5 Å². The molecule has 5 nitrogen and oxygen atoms in total. The largest absolute Gasteiger partial charge is 0.497 e. The van der Waals surface area contributed by atoms with Crippen molar-refractivity contribution in [1.29, 1.82) is 0 Å². The number of nitrogens with one attached hydrogen (secondary N) is 1. The van der Waals surface area contributed by atoms with Gasteiger partial charge in [-0.15, -0.1) is 0 Å². The van der Waals surface area contributed by atoms with Gasteiger partial charge in [0.2, 0.25) is 0 Å². The summed E-state index contributed by atoms with van der Waals surface area (Å²) in [6.45, 7) is 3.93. The van der Waals surface area contributed by atoms with Crippen LogP contribution in [0, 0.1) is 0 Å². The normalized spacial score (nSPS) is 13.4. The lowest BCUT2D eigenvalue weighted by Gasteiger charge is -2.17. The van der Waals surface area contributed by atoms with Crippen LogP contribution in [0.25, 0.3) is 16.9 Å². The number of aromatic nitrogens is 1. The highest BCUT2D eigenvalue weighted by Crippen LogP contribution is 2.39. The summed E-state index contributed by atoms with van der Waals surface area (Å²) in [6.07, 6.45) is 5.76. The number of ether oxygens (including phenoxy) is 2. The second-order valence-corrected chi connectivity index (χ2v) is 8.64. The maximum atomic E-state index is 12.4. The molecule has 0 aliphatic heterocycles. The summed E-state index contributed by atoms with van der Waals surface area (Å²) in [7, 11) is 3.38. The van der Waals surface area contributed by atoms with Crippen molar-refractivity contribution in [1.82, 2.24) is 9.88 Å². The maximum Gasteiger partial charge on any atom is 0.251 e. The van der Waals surface area contributed by atoms with Gasteiger partial charge in [0, 0.05) is 28.6 Å². The molecule has 0 fully saturated rings. The minimum absolute atomic E-state index is 0.0485. The molecule has 32 heavy (non-hydrogen) atoms. The Bertz CT molecular complexity index is 1100. The van der Waals surface area contributed by atoms with Crippen molar-refractivity contribution >= 4 is 5.91 Å². The number of benzene rings is 2. The Morgan fingerprint density at radius 1 is 0.938 bits per heavy atom. The Morgan fingerprint density at radius 3 is 2.38 bits per heavy atom. The van der Waals surface area contributed by atoms with Crippen molar-refractivity contribution in [2.75, 3.05) is 14.2 Å². The second kappa shape index (κ2) is 9.51. The molecule has 3 aromatic rings. The standard InChI is InChI=1S/C27H32N2O3/c1-18(2)28-27(30)19-10-12-21(13-11-19)29-24-9-7-5-6-8-20(24)16-25(29)23-17-22(31-3)14-15-26(23)32-4/h10-18H,5-9H2,1-4H3,(H,28,30). The first-order valence-corrected chi connectivity index (χ1v) is 11.4. The van der Waals surface area contributed by atoms with Gasteiger partial charge in [0.25, 0.3) is 5.91 Å². The summed E-state index contributed by atoms with van der Waals surface area (Å²) in [5.41, 5.74) is 6.55. The lowest BCUT2D eigenvalue weighted by atomic mass is 10.1. The molecule has 2 aromatic carbocycles. The van der Waals surface area contributed by atoms with Gasteiger partial charge in [-0.2, -0.15) is 0 Å². The van der Waals surface area contributed by atoms with Crippen LogP contribution < -0.4 is 14.8 Å². The first kappa shape index (κ1) is 22.0. The Hall–Kier alpha value is -3.21. The molecule has 1 heterocycles. The zero-order chi connectivity index (χ0) is 22.7. The van der Waals surface area contributed by atoms with Gasteiger partial charge in [-0.3, -0.25) is 4.79 Å². The molecule has 0 unspecified atom stereocenters. The number of amides is 1. The van der Waals surface area contributed by atoms with Crippen molar-refractivity contribution in [3.63, 3.8) is 0 Å². The first-order valence-electron chi connectivity index (χ1n) is 11.4. The van der Waals surface area contributed by atoms with Gasteiger partial charge in [-0.25, -0.2) is 0 Å². The Balaban J connectivity index is 1.85. The summed E-state index contributed by atoms with van der Waals surface area (Å²) < 4.78 is 13.6. The van der Waals surface area contributed by atoms with Gasteiger partial charge in [0.05, 0.1) is 19.9 Å². The number of carbonyl (C=O) groups excluding carboxylic acids is 1. The molecule has 0 saturated heterocycles. The number of fused-ring (bicyclic) bond motifs is 1. The maximum absolute atomic E-state index is 12.4. The Morgan fingerprint density at radius 2 is 1.69 bits per heavy atom. The molecule has 4 rings (SSSR count). The van der Waals surface area contributed by atoms with E-state index in [0.717, 1.165) is 41.3 Å². The molecule has 1 aliphatic carbocycles. The molecule has 1 amide bonds. The van der Waals surface area contributed by atoms with E-state index < -0.39 is 0 Å². The van der Waals surface area contributed by atoms with Crippen molar-refractivity contribution in [2.45, 2.75) is 52.0 Å². The quantitative estimate of drug-likeness (QED) is 0.518. The fourth-order valence-corrected chi connectivity index (χ4v) is 4.49. The van der Waals surface area contributed by atoms with Gasteiger partial charge in [0.1, 0.15) is 11.5 Å². The number of hydrogen-bond acceptors (Lipinski definition) is 3. The topological polar surface area (TPSA) is 52.5 Å². The molecule has 1 aromatic heterocycles. The zero-order valence-corrected chi connectivity index (χ0v) is 19.4. The van der Waals surface area contributed by atoms with E-state index in [9.17, 15) is 4.79 Å². The van der Waals surface area contributed by atoms with Crippen LogP contribution in [-0.2, 0) is 12.8 Å². The highest BCUT2D eigenvalue weighted by atomic mass is 16.5. The van der Waals surface area contributed by atoms with E-state index in [4.69, 9.17) is 9.47 Å². The SMILES string of the molecule is COc1ccc(OC)c(-c2cc3c(n2-c2ccc(C(=O)NC(C)C)cc2)CCCCC3)c1. The summed E-state index contributed by atoms with van der Waals surface area (Å²) >= 11 is 0. The summed E-state index contributed by atoms with van der Waals surface area (Å²) in [4.78, 5) is 12.4.